The van der Waals surface area contributed by atoms with Gasteiger partial charge in [-0.15, -0.1) is 0 Å². The van der Waals surface area contributed by atoms with Crippen molar-refractivity contribution in [1.29, 1.82) is 0 Å². The van der Waals surface area contributed by atoms with Gasteiger partial charge in [-0.3, -0.25) is 0 Å². The Hall–Kier alpha value is -0.860. The van der Waals surface area contributed by atoms with Crippen molar-refractivity contribution < 1.29 is 0 Å². The van der Waals surface area contributed by atoms with Crippen LogP contribution in [0.4, 0.5) is 0 Å². The molecule has 0 saturated carbocycles. The maximum absolute atomic E-state index is 3.41. The molecule has 2 heteroatoms. The van der Waals surface area contributed by atoms with Crippen LogP contribution in [0.3, 0.4) is 0 Å². The molecule has 0 saturated heterocycles. The lowest BCUT2D eigenvalue weighted by Gasteiger charge is -2.08. The van der Waals surface area contributed by atoms with Crippen LogP contribution < -0.4 is 10.6 Å². The van der Waals surface area contributed by atoms with E-state index in [0.717, 1.165) is 32.1 Å². The van der Waals surface area contributed by atoms with Gasteiger partial charge in [0.2, 0.25) is 0 Å². The summed E-state index contributed by atoms with van der Waals surface area (Å²) in [5.74, 6) is 0.735. The smallest absolute Gasteiger partial charge is 0.0206 e. The Labute approximate surface area is 93.1 Å². The van der Waals surface area contributed by atoms with E-state index in [1.165, 1.54) is 5.56 Å². The molecule has 0 aliphatic rings. The number of nitrogens with one attached hydrogen (secondary N) is 2. The van der Waals surface area contributed by atoms with Gasteiger partial charge in [0.15, 0.2) is 0 Å². The maximum atomic E-state index is 3.41. The van der Waals surface area contributed by atoms with E-state index in [1.807, 2.05) is 6.07 Å². The second-order valence-corrected chi connectivity index (χ2v) is 4.26. The first-order chi connectivity index (χ1) is 7.29. The highest BCUT2D eigenvalue weighted by Gasteiger charge is 1.93. The van der Waals surface area contributed by atoms with E-state index in [2.05, 4.69) is 48.7 Å². The molecule has 0 fully saturated rings. The summed E-state index contributed by atoms with van der Waals surface area (Å²) in [4.78, 5) is 0. The summed E-state index contributed by atoms with van der Waals surface area (Å²) in [6.45, 7) is 8.60. The van der Waals surface area contributed by atoms with E-state index in [-0.39, 0.29) is 0 Å². The Morgan fingerprint density at radius 3 is 2.33 bits per heavy atom. The number of benzene rings is 1. The minimum absolute atomic E-state index is 0.735. The summed E-state index contributed by atoms with van der Waals surface area (Å²) in [5.41, 5.74) is 1.35. The minimum Gasteiger partial charge on any atom is -0.315 e. The van der Waals surface area contributed by atoms with Crippen molar-refractivity contribution in [3.05, 3.63) is 35.9 Å². The van der Waals surface area contributed by atoms with Crippen LogP contribution in [0.15, 0.2) is 30.3 Å². The van der Waals surface area contributed by atoms with Gasteiger partial charge in [0.25, 0.3) is 0 Å². The number of rotatable bonds is 7. The van der Waals surface area contributed by atoms with E-state index in [4.69, 9.17) is 0 Å². The van der Waals surface area contributed by atoms with Crippen LogP contribution in [0, 0.1) is 5.92 Å². The molecule has 0 bridgehead atoms. The molecular weight excluding hydrogens is 184 g/mol. The lowest BCUT2D eigenvalue weighted by atomic mass is 10.2. The first-order valence-electron chi connectivity index (χ1n) is 5.74. The molecule has 0 spiro atoms. The van der Waals surface area contributed by atoms with Crippen molar-refractivity contribution in [3.8, 4) is 0 Å². The molecule has 0 aromatic heterocycles. The monoisotopic (exact) mass is 206 g/mol. The molecule has 84 valence electrons. The van der Waals surface area contributed by atoms with Crippen LogP contribution in [-0.2, 0) is 6.54 Å². The quantitative estimate of drug-likeness (QED) is 0.667. The van der Waals surface area contributed by atoms with Gasteiger partial charge in [0.1, 0.15) is 0 Å². The second-order valence-electron chi connectivity index (χ2n) is 4.26. The Bertz CT molecular complexity index is 244. The molecule has 0 aliphatic heterocycles. The van der Waals surface area contributed by atoms with E-state index in [0.29, 0.717) is 0 Å². The zero-order chi connectivity index (χ0) is 10.9. The first-order valence-corrected chi connectivity index (χ1v) is 5.74. The molecule has 2 nitrogen and oxygen atoms in total. The summed E-state index contributed by atoms with van der Waals surface area (Å²) < 4.78 is 0. The summed E-state index contributed by atoms with van der Waals surface area (Å²) in [5, 5.41) is 6.82. The average molecular weight is 206 g/mol. The first kappa shape index (κ1) is 12.2. The third-order valence-corrected chi connectivity index (χ3v) is 2.20. The zero-order valence-corrected chi connectivity index (χ0v) is 9.79. The third kappa shape index (κ3) is 6.26. The van der Waals surface area contributed by atoms with Crippen LogP contribution in [0.5, 0.6) is 0 Å². The Morgan fingerprint density at radius 2 is 1.67 bits per heavy atom. The van der Waals surface area contributed by atoms with Crippen LogP contribution in [-0.4, -0.2) is 19.6 Å². The van der Waals surface area contributed by atoms with Crippen LogP contribution in [0.2, 0.25) is 0 Å². The van der Waals surface area contributed by atoms with Crippen molar-refractivity contribution in [2.75, 3.05) is 19.6 Å². The second kappa shape index (κ2) is 7.43. The zero-order valence-electron chi connectivity index (χ0n) is 9.79. The van der Waals surface area contributed by atoms with E-state index >= 15 is 0 Å². The van der Waals surface area contributed by atoms with Crippen LogP contribution in [0.25, 0.3) is 0 Å². The highest BCUT2D eigenvalue weighted by Crippen LogP contribution is 1.96. The van der Waals surface area contributed by atoms with Gasteiger partial charge in [-0.05, 0) is 18.0 Å². The van der Waals surface area contributed by atoms with Gasteiger partial charge in [-0.25, -0.2) is 0 Å². The Balaban J connectivity index is 1.98. The van der Waals surface area contributed by atoms with Crippen molar-refractivity contribution in [3.63, 3.8) is 0 Å². The maximum Gasteiger partial charge on any atom is 0.0206 e. The van der Waals surface area contributed by atoms with E-state index in [9.17, 15) is 0 Å². The van der Waals surface area contributed by atoms with Crippen LogP contribution in [0.1, 0.15) is 19.4 Å². The topological polar surface area (TPSA) is 24.1 Å². The molecule has 1 aromatic rings. The number of hydrogen-bond donors (Lipinski definition) is 2. The van der Waals surface area contributed by atoms with Gasteiger partial charge in [0, 0.05) is 19.6 Å². The summed E-state index contributed by atoms with van der Waals surface area (Å²) in [6.07, 6.45) is 0. The summed E-state index contributed by atoms with van der Waals surface area (Å²) in [6, 6.07) is 10.5. The molecule has 2 N–H and O–H groups in total. The molecule has 15 heavy (non-hydrogen) atoms. The van der Waals surface area contributed by atoms with Gasteiger partial charge in [-0.2, -0.15) is 0 Å². The highest BCUT2D eigenvalue weighted by atomic mass is 14.9. The molecule has 0 unspecified atom stereocenters. The normalized spacial score (nSPS) is 10.9. The molecule has 0 radical (unpaired) electrons. The molecule has 0 amide bonds. The van der Waals surface area contributed by atoms with Gasteiger partial charge >= 0.3 is 0 Å². The van der Waals surface area contributed by atoms with Gasteiger partial charge < -0.3 is 10.6 Å². The third-order valence-electron chi connectivity index (χ3n) is 2.20. The Kier molecular flexibility index (Phi) is 6.05. The fraction of sp³-hybridized carbons (Fsp3) is 0.538. The van der Waals surface area contributed by atoms with Gasteiger partial charge in [0.05, 0.1) is 0 Å². The van der Waals surface area contributed by atoms with Crippen molar-refractivity contribution in [2.45, 2.75) is 20.4 Å². The Morgan fingerprint density at radius 1 is 1.00 bits per heavy atom. The van der Waals surface area contributed by atoms with Crippen molar-refractivity contribution >= 4 is 0 Å². The fourth-order valence-corrected chi connectivity index (χ4v) is 1.40. The van der Waals surface area contributed by atoms with E-state index in [1.54, 1.807) is 0 Å². The fourth-order valence-electron chi connectivity index (χ4n) is 1.40. The molecule has 0 heterocycles. The van der Waals surface area contributed by atoms with Crippen molar-refractivity contribution in [1.82, 2.24) is 10.6 Å². The average Bonchev–Trinajstić information content (AvgIpc) is 2.24. The van der Waals surface area contributed by atoms with Crippen molar-refractivity contribution in [2.24, 2.45) is 5.92 Å². The summed E-state index contributed by atoms with van der Waals surface area (Å²) >= 11 is 0. The summed E-state index contributed by atoms with van der Waals surface area (Å²) in [7, 11) is 0. The minimum atomic E-state index is 0.735. The van der Waals surface area contributed by atoms with E-state index < -0.39 is 0 Å². The van der Waals surface area contributed by atoms with Crippen LogP contribution >= 0.6 is 0 Å². The molecule has 0 atom stereocenters. The number of hydrogen-bond acceptors (Lipinski definition) is 2. The SMILES string of the molecule is CC(C)CNCCNCc1ccccc1. The largest absolute Gasteiger partial charge is 0.315 e. The standard InChI is InChI=1S/C13H22N2/c1-12(2)10-14-8-9-15-11-13-6-4-3-5-7-13/h3-7,12,14-15H,8-11H2,1-2H3. The predicted molar refractivity (Wildman–Crippen MR) is 65.9 cm³/mol. The lowest BCUT2D eigenvalue weighted by molar-refractivity contribution is 0.535. The lowest BCUT2D eigenvalue weighted by Crippen LogP contribution is -2.29. The molecule has 1 rings (SSSR count). The van der Waals surface area contributed by atoms with Gasteiger partial charge in [-0.1, -0.05) is 44.2 Å². The highest BCUT2D eigenvalue weighted by molar-refractivity contribution is 5.14. The molecule has 1 aromatic carbocycles. The molecule has 0 aliphatic carbocycles. The molecular formula is C13H22N2. The predicted octanol–water partition coefficient (Wildman–Crippen LogP) is 2.02.